The number of benzene rings is 1. The first-order chi connectivity index (χ1) is 10.7. The van der Waals surface area contributed by atoms with Crippen molar-refractivity contribution in [3.05, 3.63) is 53.3 Å². The van der Waals surface area contributed by atoms with Gasteiger partial charge in [0.1, 0.15) is 5.69 Å². The number of hydrogen-bond donors (Lipinski definition) is 1. The van der Waals surface area contributed by atoms with Crippen molar-refractivity contribution in [1.82, 2.24) is 9.88 Å². The van der Waals surface area contributed by atoms with Crippen LogP contribution in [0.5, 0.6) is 0 Å². The molecule has 5 nitrogen and oxygen atoms in total. The maximum atomic E-state index is 12.3. The molecule has 22 heavy (non-hydrogen) atoms. The number of carbonyl (C=O) groups excluding carboxylic acids is 1. The lowest BCUT2D eigenvalue weighted by atomic mass is 10.2. The summed E-state index contributed by atoms with van der Waals surface area (Å²) in [6.07, 6.45) is 1.65. The van der Waals surface area contributed by atoms with Gasteiger partial charge in [-0.3, -0.25) is 4.79 Å². The number of aromatic nitrogens is 1. The first-order valence-electron chi connectivity index (χ1n) is 7.08. The lowest BCUT2D eigenvalue weighted by molar-refractivity contribution is 0.0299. The minimum atomic E-state index is -0.0578. The van der Waals surface area contributed by atoms with E-state index in [0.717, 1.165) is 11.4 Å². The van der Waals surface area contributed by atoms with Gasteiger partial charge in [-0.1, -0.05) is 17.7 Å². The van der Waals surface area contributed by atoms with Crippen LogP contribution in [-0.2, 0) is 4.74 Å². The molecule has 1 aromatic carbocycles. The van der Waals surface area contributed by atoms with E-state index in [1.54, 1.807) is 17.2 Å². The molecule has 1 aromatic heterocycles. The number of anilines is 2. The summed E-state index contributed by atoms with van der Waals surface area (Å²) in [5, 5.41) is 3.86. The average Bonchev–Trinajstić information content (AvgIpc) is 2.56. The summed E-state index contributed by atoms with van der Waals surface area (Å²) in [7, 11) is 0. The van der Waals surface area contributed by atoms with Crippen molar-refractivity contribution < 1.29 is 9.53 Å². The molecule has 0 unspecified atom stereocenters. The topological polar surface area (TPSA) is 54.5 Å². The van der Waals surface area contributed by atoms with E-state index in [9.17, 15) is 4.79 Å². The number of ether oxygens (including phenoxy) is 1. The third-order valence-electron chi connectivity index (χ3n) is 3.39. The van der Waals surface area contributed by atoms with Crippen molar-refractivity contribution in [2.75, 3.05) is 31.6 Å². The Morgan fingerprint density at radius 2 is 2.00 bits per heavy atom. The summed E-state index contributed by atoms with van der Waals surface area (Å²) < 4.78 is 5.25. The van der Waals surface area contributed by atoms with Gasteiger partial charge in [0.2, 0.25) is 0 Å². The standard InChI is InChI=1S/C16H16ClN3O2/c17-12-2-1-3-13(10-12)19-14-4-5-15(18-11-14)16(21)20-6-8-22-9-7-20/h1-5,10-11,19H,6-9H2. The van der Waals surface area contributed by atoms with Crippen molar-refractivity contribution in [2.45, 2.75) is 0 Å². The lowest BCUT2D eigenvalue weighted by Crippen LogP contribution is -2.41. The van der Waals surface area contributed by atoms with E-state index in [2.05, 4.69) is 10.3 Å². The van der Waals surface area contributed by atoms with Crippen LogP contribution in [-0.4, -0.2) is 42.1 Å². The molecule has 1 fully saturated rings. The van der Waals surface area contributed by atoms with E-state index in [0.29, 0.717) is 37.0 Å². The van der Waals surface area contributed by atoms with E-state index in [1.165, 1.54) is 0 Å². The van der Waals surface area contributed by atoms with Crippen LogP contribution in [0.15, 0.2) is 42.6 Å². The molecular formula is C16H16ClN3O2. The van der Waals surface area contributed by atoms with E-state index in [-0.39, 0.29) is 5.91 Å². The average molecular weight is 318 g/mol. The van der Waals surface area contributed by atoms with Gasteiger partial charge in [0.15, 0.2) is 0 Å². The fraction of sp³-hybridized carbons (Fsp3) is 0.250. The summed E-state index contributed by atoms with van der Waals surface area (Å²) in [6.45, 7) is 2.40. The van der Waals surface area contributed by atoms with Crippen molar-refractivity contribution in [1.29, 1.82) is 0 Å². The van der Waals surface area contributed by atoms with Crippen molar-refractivity contribution in [2.24, 2.45) is 0 Å². The molecule has 1 N–H and O–H groups in total. The predicted octanol–water partition coefficient (Wildman–Crippen LogP) is 2.95. The number of hydrogen-bond acceptors (Lipinski definition) is 4. The Hall–Kier alpha value is -2.11. The van der Waals surface area contributed by atoms with Crippen LogP contribution < -0.4 is 5.32 Å². The molecular weight excluding hydrogens is 302 g/mol. The number of amides is 1. The number of halogens is 1. The second-order valence-corrected chi connectivity index (χ2v) is 5.41. The van der Waals surface area contributed by atoms with Crippen LogP contribution in [0.3, 0.4) is 0 Å². The monoisotopic (exact) mass is 317 g/mol. The summed E-state index contributed by atoms with van der Waals surface area (Å²) >= 11 is 5.95. The molecule has 0 atom stereocenters. The van der Waals surface area contributed by atoms with Crippen molar-refractivity contribution >= 4 is 28.9 Å². The number of nitrogens with one attached hydrogen (secondary N) is 1. The maximum absolute atomic E-state index is 12.3. The third kappa shape index (κ3) is 3.55. The quantitative estimate of drug-likeness (QED) is 0.945. The number of pyridine rings is 1. The Labute approximate surface area is 133 Å². The maximum Gasteiger partial charge on any atom is 0.272 e. The van der Waals surface area contributed by atoms with Crippen LogP contribution in [0.25, 0.3) is 0 Å². The Morgan fingerprint density at radius 1 is 1.18 bits per heavy atom. The molecule has 6 heteroatoms. The summed E-state index contributed by atoms with van der Waals surface area (Å²) in [6, 6.07) is 11.0. The highest BCUT2D eigenvalue weighted by atomic mass is 35.5. The molecule has 3 rings (SSSR count). The summed E-state index contributed by atoms with van der Waals surface area (Å²) in [5.74, 6) is -0.0578. The fourth-order valence-corrected chi connectivity index (χ4v) is 2.45. The Kier molecular flexibility index (Phi) is 4.56. The number of carbonyl (C=O) groups is 1. The fourth-order valence-electron chi connectivity index (χ4n) is 2.26. The van der Waals surface area contributed by atoms with E-state index in [4.69, 9.17) is 16.3 Å². The number of nitrogens with zero attached hydrogens (tertiary/aromatic N) is 2. The molecule has 1 saturated heterocycles. The molecule has 0 bridgehead atoms. The highest BCUT2D eigenvalue weighted by Crippen LogP contribution is 2.19. The highest BCUT2D eigenvalue weighted by molar-refractivity contribution is 6.30. The van der Waals surface area contributed by atoms with Gasteiger partial charge in [-0.25, -0.2) is 4.98 Å². The van der Waals surface area contributed by atoms with Gasteiger partial charge < -0.3 is 15.0 Å². The zero-order valence-electron chi connectivity index (χ0n) is 12.0. The zero-order valence-corrected chi connectivity index (χ0v) is 12.7. The third-order valence-corrected chi connectivity index (χ3v) is 3.63. The van der Waals surface area contributed by atoms with Gasteiger partial charge in [0.25, 0.3) is 5.91 Å². The minimum absolute atomic E-state index is 0.0578. The van der Waals surface area contributed by atoms with Crippen LogP contribution in [0, 0.1) is 0 Å². The van der Waals surface area contributed by atoms with Gasteiger partial charge in [-0.05, 0) is 30.3 Å². The van der Waals surface area contributed by atoms with Gasteiger partial charge in [-0.15, -0.1) is 0 Å². The molecule has 1 aliphatic rings. The molecule has 2 aromatic rings. The van der Waals surface area contributed by atoms with Gasteiger partial charge in [0.05, 0.1) is 25.1 Å². The van der Waals surface area contributed by atoms with Crippen LogP contribution in [0.4, 0.5) is 11.4 Å². The lowest BCUT2D eigenvalue weighted by Gasteiger charge is -2.26. The molecule has 0 aliphatic carbocycles. The zero-order chi connectivity index (χ0) is 15.4. The van der Waals surface area contributed by atoms with Crippen LogP contribution in [0.2, 0.25) is 5.02 Å². The molecule has 1 aliphatic heterocycles. The molecule has 0 saturated carbocycles. The first kappa shape index (κ1) is 14.8. The highest BCUT2D eigenvalue weighted by Gasteiger charge is 2.19. The molecule has 0 spiro atoms. The first-order valence-corrected chi connectivity index (χ1v) is 7.46. The second kappa shape index (κ2) is 6.77. The van der Waals surface area contributed by atoms with Gasteiger partial charge in [-0.2, -0.15) is 0 Å². The number of morpholine rings is 1. The van der Waals surface area contributed by atoms with Gasteiger partial charge in [0, 0.05) is 23.8 Å². The van der Waals surface area contributed by atoms with Crippen molar-refractivity contribution in [3.63, 3.8) is 0 Å². The van der Waals surface area contributed by atoms with Gasteiger partial charge >= 0.3 is 0 Å². The minimum Gasteiger partial charge on any atom is -0.378 e. The molecule has 114 valence electrons. The Morgan fingerprint density at radius 3 is 2.68 bits per heavy atom. The van der Waals surface area contributed by atoms with Crippen molar-refractivity contribution in [3.8, 4) is 0 Å². The van der Waals surface area contributed by atoms with E-state index in [1.807, 2.05) is 30.3 Å². The normalized spacial score (nSPS) is 14.7. The van der Waals surface area contributed by atoms with Crippen LogP contribution >= 0.6 is 11.6 Å². The van der Waals surface area contributed by atoms with E-state index >= 15 is 0 Å². The number of rotatable bonds is 3. The van der Waals surface area contributed by atoms with E-state index < -0.39 is 0 Å². The molecule has 0 radical (unpaired) electrons. The van der Waals surface area contributed by atoms with Crippen LogP contribution in [0.1, 0.15) is 10.5 Å². The smallest absolute Gasteiger partial charge is 0.272 e. The Balaban J connectivity index is 1.68. The Bertz CT molecular complexity index is 655. The summed E-state index contributed by atoms with van der Waals surface area (Å²) in [4.78, 5) is 18.3. The second-order valence-electron chi connectivity index (χ2n) is 4.97. The SMILES string of the molecule is O=C(c1ccc(Nc2cccc(Cl)c2)cn1)N1CCOCC1. The molecule has 2 heterocycles. The summed E-state index contributed by atoms with van der Waals surface area (Å²) in [5.41, 5.74) is 2.13. The molecule has 1 amide bonds. The largest absolute Gasteiger partial charge is 0.378 e. The predicted molar refractivity (Wildman–Crippen MR) is 85.7 cm³/mol.